The first-order valence-corrected chi connectivity index (χ1v) is 12.4. The number of aliphatic imine (C=N–C) groups is 1. The van der Waals surface area contributed by atoms with Crippen LogP contribution in [0.3, 0.4) is 0 Å². The molecule has 32 heavy (non-hydrogen) atoms. The Morgan fingerprint density at radius 3 is 2.62 bits per heavy atom. The molecule has 0 bridgehead atoms. The summed E-state index contributed by atoms with van der Waals surface area (Å²) in [5.41, 5.74) is 2.79. The quantitative estimate of drug-likeness (QED) is 0.299. The minimum absolute atomic E-state index is 0. The van der Waals surface area contributed by atoms with Crippen LogP contribution in [0, 0.1) is 6.92 Å². The standard InChI is InChI=1S/C22H31N5O3S.HI/c1-4-23-22(25-15-18-7-8-20(17(2)14-18)31(3,28)29)26-16-19-6-5-9-24-21(19)27-10-12-30-13-11-27;/h5-9,14H,4,10-13,15-16H2,1-3H3,(H2,23,25,26);1H. The van der Waals surface area contributed by atoms with E-state index in [0.29, 0.717) is 37.2 Å². The van der Waals surface area contributed by atoms with Gasteiger partial charge in [0.05, 0.1) is 24.7 Å². The number of aryl methyl sites for hydroxylation is 1. The first-order chi connectivity index (χ1) is 14.9. The lowest BCUT2D eigenvalue weighted by atomic mass is 10.1. The molecule has 1 aliphatic heterocycles. The maximum atomic E-state index is 11.8. The molecular weight excluding hydrogens is 541 g/mol. The van der Waals surface area contributed by atoms with Gasteiger partial charge in [-0.1, -0.05) is 18.2 Å². The summed E-state index contributed by atoms with van der Waals surface area (Å²) < 4.78 is 29.1. The number of pyridine rings is 1. The van der Waals surface area contributed by atoms with Crippen LogP contribution in [0.1, 0.15) is 23.6 Å². The molecule has 0 radical (unpaired) electrons. The van der Waals surface area contributed by atoms with E-state index >= 15 is 0 Å². The van der Waals surface area contributed by atoms with E-state index in [9.17, 15) is 8.42 Å². The lowest BCUT2D eigenvalue weighted by Crippen LogP contribution is -2.39. The van der Waals surface area contributed by atoms with Gasteiger partial charge < -0.3 is 20.3 Å². The van der Waals surface area contributed by atoms with Crippen LogP contribution in [0.4, 0.5) is 5.82 Å². The Morgan fingerprint density at radius 2 is 1.97 bits per heavy atom. The second-order valence-corrected chi connectivity index (χ2v) is 9.49. The number of nitrogens with one attached hydrogen (secondary N) is 2. The Kier molecular flexibility index (Phi) is 10.2. The molecule has 0 unspecified atom stereocenters. The predicted octanol–water partition coefficient (Wildman–Crippen LogP) is 2.50. The molecular formula is C22H32IN5O3S. The molecule has 1 aromatic carbocycles. The van der Waals surface area contributed by atoms with Gasteiger partial charge in [-0.3, -0.25) is 0 Å². The molecule has 1 aromatic heterocycles. The fraction of sp³-hybridized carbons (Fsp3) is 0.455. The van der Waals surface area contributed by atoms with Gasteiger partial charge in [0, 0.05) is 44.2 Å². The molecule has 0 atom stereocenters. The number of hydrogen-bond acceptors (Lipinski definition) is 6. The average molecular weight is 574 g/mol. The summed E-state index contributed by atoms with van der Waals surface area (Å²) in [6.07, 6.45) is 3.04. The third kappa shape index (κ3) is 7.31. The van der Waals surface area contributed by atoms with Crippen molar-refractivity contribution in [3.63, 3.8) is 0 Å². The fourth-order valence-corrected chi connectivity index (χ4v) is 4.50. The van der Waals surface area contributed by atoms with E-state index in [1.54, 1.807) is 6.07 Å². The summed E-state index contributed by atoms with van der Waals surface area (Å²) in [6.45, 7) is 8.70. The highest BCUT2D eigenvalue weighted by Crippen LogP contribution is 2.19. The molecule has 0 amide bonds. The van der Waals surface area contributed by atoms with Crippen molar-refractivity contribution < 1.29 is 13.2 Å². The molecule has 0 spiro atoms. The lowest BCUT2D eigenvalue weighted by molar-refractivity contribution is 0.122. The highest BCUT2D eigenvalue weighted by atomic mass is 127. The normalized spacial score (nSPS) is 14.6. The maximum Gasteiger partial charge on any atom is 0.191 e. The SMILES string of the molecule is CCNC(=NCc1ccc(S(C)(=O)=O)c(C)c1)NCc1cccnc1N1CCOCC1.I. The number of hydrogen-bond donors (Lipinski definition) is 2. The number of rotatable bonds is 7. The first kappa shape index (κ1) is 26.3. The van der Waals surface area contributed by atoms with E-state index in [2.05, 4.69) is 31.6 Å². The van der Waals surface area contributed by atoms with Crippen molar-refractivity contribution in [2.45, 2.75) is 31.8 Å². The average Bonchev–Trinajstić information content (AvgIpc) is 2.75. The zero-order chi connectivity index (χ0) is 22.3. The third-order valence-corrected chi connectivity index (χ3v) is 6.28. The molecule has 0 aliphatic carbocycles. The smallest absolute Gasteiger partial charge is 0.191 e. The van der Waals surface area contributed by atoms with Crippen LogP contribution in [0.25, 0.3) is 0 Å². The molecule has 1 aliphatic rings. The van der Waals surface area contributed by atoms with Crippen molar-refractivity contribution in [3.05, 3.63) is 53.2 Å². The van der Waals surface area contributed by atoms with E-state index in [1.807, 2.05) is 38.2 Å². The number of benzene rings is 1. The van der Waals surface area contributed by atoms with E-state index < -0.39 is 9.84 Å². The Bertz CT molecular complexity index is 1020. The van der Waals surface area contributed by atoms with Crippen molar-refractivity contribution in [2.75, 3.05) is 44.0 Å². The second-order valence-electron chi connectivity index (χ2n) is 7.51. The van der Waals surface area contributed by atoms with Crippen molar-refractivity contribution in [1.82, 2.24) is 15.6 Å². The van der Waals surface area contributed by atoms with Gasteiger partial charge in [0.25, 0.3) is 0 Å². The van der Waals surface area contributed by atoms with Crippen molar-refractivity contribution in [3.8, 4) is 0 Å². The third-order valence-electron chi connectivity index (χ3n) is 5.03. The zero-order valence-electron chi connectivity index (χ0n) is 18.8. The van der Waals surface area contributed by atoms with E-state index in [0.717, 1.165) is 42.1 Å². The summed E-state index contributed by atoms with van der Waals surface area (Å²) in [4.78, 5) is 11.8. The summed E-state index contributed by atoms with van der Waals surface area (Å²) >= 11 is 0. The highest BCUT2D eigenvalue weighted by molar-refractivity contribution is 14.0. The van der Waals surface area contributed by atoms with E-state index in [1.165, 1.54) is 6.26 Å². The van der Waals surface area contributed by atoms with Crippen LogP contribution in [-0.2, 0) is 27.7 Å². The molecule has 2 heterocycles. The fourth-order valence-electron chi connectivity index (χ4n) is 3.55. The number of anilines is 1. The van der Waals surface area contributed by atoms with Gasteiger partial charge in [0.2, 0.25) is 0 Å². The monoisotopic (exact) mass is 573 g/mol. The molecule has 3 rings (SSSR count). The molecule has 2 aromatic rings. The number of ether oxygens (including phenoxy) is 1. The predicted molar refractivity (Wildman–Crippen MR) is 139 cm³/mol. The van der Waals surface area contributed by atoms with Gasteiger partial charge >= 0.3 is 0 Å². The van der Waals surface area contributed by atoms with E-state index in [4.69, 9.17) is 4.74 Å². The Balaban J connectivity index is 0.00000363. The summed E-state index contributed by atoms with van der Waals surface area (Å²) in [7, 11) is -3.22. The Labute approximate surface area is 207 Å². The molecule has 1 saturated heterocycles. The molecule has 2 N–H and O–H groups in total. The molecule has 8 nitrogen and oxygen atoms in total. The van der Waals surface area contributed by atoms with Gasteiger partial charge in [0.15, 0.2) is 15.8 Å². The molecule has 10 heteroatoms. The number of aromatic nitrogens is 1. The second kappa shape index (κ2) is 12.4. The number of sulfone groups is 1. The van der Waals surface area contributed by atoms with Gasteiger partial charge in [-0.25, -0.2) is 18.4 Å². The van der Waals surface area contributed by atoms with Crippen LogP contribution in [0.15, 0.2) is 46.4 Å². The summed E-state index contributed by atoms with van der Waals surface area (Å²) in [5.74, 6) is 1.67. The molecule has 0 saturated carbocycles. The Morgan fingerprint density at radius 1 is 1.22 bits per heavy atom. The number of halogens is 1. The molecule has 1 fully saturated rings. The van der Waals surface area contributed by atoms with Crippen molar-refractivity contribution in [1.29, 1.82) is 0 Å². The summed E-state index contributed by atoms with van der Waals surface area (Å²) in [6, 6.07) is 9.36. The Hall–Kier alpha value is -1.92. The number of nitrogens with zero attached hydrogens (tertiary/aromatic N) is 3. The van der Waals surface area contributed by atoms with Gasteiger partial charge in [0.1, 0.15) is 5.82 Å². The highest BCUT2D eigenvalue weighted by Gasteiger charge is 2.16. The number of guanidine groups is 1. The topological polar surface area (TPSA) is 95.9 Å². The van der Waals surface area contributed by atoms with Crippen LogP contribution in [-0.4, -0.2) is 58.5 Å². The zero-order valence-corrected chi connectivity index (χ0v) is 21.9. The molecule has 176 valence electrons. The van der Waals surface area contributed by atoms with Crippen LogP contribution in [0.5, 0.6) is 0 Å². The first-order valence-electron chi connectivity index (χ1n) is 10.5. The van der Waals surface area contributed by atoms with Gasteiger partial charge in [-0.05, 0) is 37.1 Å². The van der Waals surface area contributed by atoms with E-state index in [-0.39, 0.29) is 24.0 Å². The largest absolute Gasteiger partial charge is 0.378 e. The van der Waals surface area contributed by atoms with Crippen LogP contribution < -0.4 is 15.5 Å². The van der Waals surface area contributed by atoms with Gasteiger partial charge in [-0.2, -0.15) is 0 Å². The minimum atomic E-state index is -3.22. The van der Waals surface area contributed by atoms with Crippen LogP contribution >= 0.6 is 24.0 Å². The number of morpholine rings is 1. The van der Waals surface area contributed by atoms with Crippen LogP contribution in [0.2, 0.25) is 0 Å². The van der Waals surface area contributed by atoms with Crippen molar-refractivity contribution in [2.24, 2.45) is 4.99 Å². The van der Waals surface area contributed by atoms with Gasteiger partial charge in [-0.15, -0.1) is 24.0 Å². The minimum Gasteiger partial charge on any atom is -0.378 e. The maximum absolute atomic E-state index is 11.8. The summed E-state index contributed by atoms with van der Waals surface area (Å²) in [5, 5.41) is 6.64. The van der Waals surface area contributed by atoms with Crippen molar-refractivity contribution >= 4 is 45.6 Å². The lowest BCUT2D eigenvalue weighted by Gasteiger charge is -2.29.